The second-order valence-corrected chi connectivity index (χ2v) is 4.73. The lowest BCUT2D eigenvalue weighted by Crippen LogP contribution is -2.00. The summed E-state index contributed by atoms with van der Waals surface area (Å²) >= 11 is 11.9. The number of hydrogen-bond donors (Lipinski definition) is 2. The van der Waals surface area contributed by atoms with E-state index in [2.05, 4.69) is 10.3 Å². The molecular weight excluding hydrogens is 301 g/mol. The van der Waals surface area contributed by atoms with Gasteiger partial charge in [-0.1, -0.05) is 23.2 Å². The van der Waals surface area contributed by atoms with Crippen molar-refractivity contribution in [1.29, 1.82) is 0 Å². The Hall–Kier alpha value is -1.85. The molecule has 5 nitrogen and oxygen atoms in total. The average molecular weight is 314 g/mol. The van der Waals surface area contributed by atoms with Gasteiger partial charge in [-0.3, -0.25) is 0 Å². The molecule has 106 valence electrons. The summed E-state index contributed by atoms with van der Waals surface area (Å²) in [5.41, 5.74) is 6.37. The second-order valence-electron chi connectivity index (χ2n) is 3.91. The minimum Gasteiger partial charge on any atom is -0.497 e. The van der Waals surface area contributed by atoms with Gasteiger partial charge in [0.15, 0.2) is 5.82 Å². The van der Waals surface area contributed by atoms with Gasteiger partial charge in [-0.2, -0.15) is 0 Å². The summed E-state index contributed by atoms with van der Waals surface area (Å²) in [5.74, 6) is 1.90. The fourth-order valence-electron chi connectivity index (χ4n) is 1.58. The summed E-state index contributed by atoms with van der Waals surface area (Å²) in [6, 6.07) is 6.86. The smallest absolute Gasteiger partial charge is 0.151 e. The Morgan fingerprint density at radius 1 is 1.00 bits per heavy atom. The van der Waals surface area contributed by atoms with Crippen LogP contribution in [0.3, 0.4) is 0 Å². The third-order valence-electron chi connectivity index (χ3n) is 2.57. The van der Waals surface area contributed by atoms with Crippen LogP contribution in [-0.2, 0) is 0 Å². The molecule has 1 aromatic carbocycles. The molecule has 0 saturated heterocycles. The van der Waals surface area contributed by atoms with E-state index >= 15 is 0 Å². The van der Waals surface area contributed by atoms with Crippen molar-refractivity contribution in [1.82, 2.24) is 4.98 Å². The van der Waals surface area contributed by atoms with E-state index in [9.17, 15) is 0 Å². The average Bonchev–Trinajstić information content (AvgIpc) is 2.44. The molecule has 0 amide bonds. The van der Waals surface area contributed by atoms with E-state index in [-0.39, 0.29) is 5.82 Å². The SMILES string of the molecule is COc1cc(Nc2nc(N)c(Cl)cc2Cl)cc(OC)c1. The van der Waals surface area contributed by atoms with Crippen molar-refractivity contribution in [3.8, 4) is 11.5 Å². The highest BCUT2D eigenvalue weighted by Gasteiger charge is 2.09. The first-order chi connectivity index (χ1) is 9.53. The van der Waals surface area contributed by atoms with Crippen LogP contribution in [0.5, 0.6) is 11.5 Å². The molecule has 7 heteroatoms. The minimum absolute atomic E-state index is 0.202. The second kappa shape index (κ2) is 6.07. The monoisotopic (exact) mass is 313 g/mol. The molecule has 0 bridgehead atoms. The van der Waals surface area contributed by atoms with Gasteiger partial charge in [-0.05, 0) is 6.07 Å². The first kappa shape index (κ1) is 14.6. The van der Waals surface area contributed by atoms with Gasteiger partial charge in [0.25, 0.3) is 0 Å². The third kappa shape index (κ3) is 3.18. The zero-order valence-electron chi connectivity index (χ0n) is 10.9. The molecule has 20 heavy (non-hydrogen) atoms. The number of pyridine rings is 1. The lowest BCUT2D eigenvalue weighted by Gasteiger charge is -2.12. The first-order valence-electron chi connectivity index (χ1n) is 5.65. The van der Waals surface area contributed by atoms with E-state index in [0.29, 0.717) is 33.0 Å². The number of methoxy groups -OCH3 is 2. The lowest BCUT2D eigenvalue weighted by molar-refractivity contribution is 0.395. The predicted octanol–water partition coefficient (Wildman–Crippen LogP) is 3.73. The summed E-state index contributed by atoms with van der Waals surface area (Å²) in [5, 5.41) is 3.72. The van der Waals surface area contributed by atoms with Gasteiger partial charge in [0, 0.05) is 23.9 Å². The summed E-state index contributed by atoms with van der Waals surface area (Å²) in [6.45, 7) is 0. The molecule has 0 aliphatic carbocycles. The molecule has 1 heterocycles. The minimum atomic E-state index is 0.202. The fraction of sp³-hybridized carbons (Fsp3) is 0.154. The molecule has 3 N–H and O–H groups in total. The van der Waals surface area contributed by atoms with Crippen molar-refractivity contribution in [3.05, 3.63) is 34.3 Å². The van der Waals surface area contributed by atoms with E-state index in [4.69, 9.17) is 38.4 Å². The van der Waals surface area contributed by atoms with Crippen molar-refractivity contribution in [2.24, 2.45) is 0 Å². The molecule has 0 aliphatic rings. The highest BCUT2D eigenvalue weighted by Crippen LogP contribution is 2.32. The van der Waals surface area contributed by atoms with Gasteiger partial charge in [0.05, 0.1) is 24.3 Å². The van der Waals surface area contributed by atoms with Crippen LogP contribution in [0.25, 0.3) is 0 Å². The molecule has 0 saturated carbocycles. The highest BCUT2D eigenvalue weighted by molar-refractivity contribution is 6.37. The van der Waals surface area contributed by atoms with E-state index < -0.39 is 0 Å². The zero-order chi connectivity index (χ0) is 14.7. The third-order valence-corrected chi connectivity index (χ3v) is 3.16. The lowest BCUT2D eigenvalue weighted by atomic mass is 10.2. The maximum atomic E-state index is 6.07. The number of ether oxygens (including phenoxy) is 2. The Bertz CT molecular complexity index is 613. The number of benzene rings is 1. The zero-order valence-corrected chi connectivity index (χ0v) is 12.4. The van der Waals surface area contributed by atoms with Crippen LogP contribution in [0.1, 0.15) is 0 Å². The molecule has 0 aliphatic heterocycles. The van der Waals surface area contributed by atoms with E-state index in [0.717, 1.165) is 0 Å². The number of nitrogen functional groups attached to an aromatic ring is 1. The van der Waals surface area contributed by atoms with E-state index in [1.807, 2.05) is 0 Å². The number of rotatable bonds is 4. The fourth-order valence-corrected chi connectivity index (χ4v) is 1.99. The Kier molecular flexibility index (Phi) is 4.42. The molecule has 2 rings (SSSR count). The standard InChI is InChI=1S/C13H13Cl2N3O2/c1-19-8-3-7(4-9(5-8)20-2)17-13-11(15)6-10(14)12(16)18-13/h3-6H,1-2H3,(H3,16,17,18). The Morgan fingerprint density at radius 2 is 1.60 bits per heavy atom. The number of anilines is 3. The van der Waals surface area contributed by atoms with Crippen molar-refractivity contribution >= 4 is 40.5 Å². The first-order valence-corrected chi connectivity index (χ1v) is 6.40. The van der Waals surface area contributed by atoms with Crippen LogP contribution >= 0.6 is 23.2 Å². The largest absolute Gasteiger partial charge is 0.497 e. The summed E-state index contributed by atoms with van der Waals surface area (Å²) in [7, 11) is 3.15. The van der Waals surface area contributed by atoms with Crippen LogP contribution in [0, 0.1) is 0 Å². The number of halogens is 2. The van der Waals surface area contributed by atoms with Crippen molar-refractivity contribution in [2.75, 3.05) is 25.3 Å². The van der Waals surface area contributed by atoms with Gasteiger partial charge in [0.1, 0.15) is 17.3 Å². The summed E-state index contributed by atoms with van der Waals surface area (Å²) in [6.07, 6.45) is 0. The number of aromatic nitrogens is 1. The number of hydrogen-bond acceptors (Lipinski definition) is 5. The van der Waals surface area contributed by atoms with Crippen molar-refractivity contribution < 1.29 is 9.47 Å². The topological polar surface area (TPSA) is 69.4 Å². The van der Waals surface area contributed by atoms with Gasteiger partial charge in [0.2, 0.25) is 0 Å². The molecule has 1 aromatic heterocycles. The van der Waals surface area contributed by atoms with E-state index in [1.54, 1.807) is 32.4 Å². The summed E-state index contributed by atoms with van der Waals surface area (Å²) in [4.78, 5) is 4.10. The van der Waals surface area contributed by atoms with Gasteiger partial charge >= 0.3 is 0 Å². The van der Waals surface area contributed by atoms with Gasteiger partial charge in [-0.25, -0.2) is 4.98 Å². The molecule has 0 radical (unpaired) electrons. The normalized spacial score (nSPS) is 10.2. The van der Waals surface area contributed by atoms with Crippen LogP contribution in [-0.4, -0.2) is 19.2 Å². The van der Waals surface area contributed by atoms with Crippen molar-refractivity contribution in [2.45, 2.75) is 0 Å². The van der Waals surface area contributed by atoms with Crippen LogP contribution in [0.15, 0.2) is 24.3 Å². The molecule has 0 atom stereocenters. The Labute approximate surface area is 126 Å². The van der Waals surface area contributed by atoms with Crippen LogP contribution in [0.4, 0.5) is 17.3 Å². The number of nitrogens with one attached hydrogen (secondary N) is 1. The van der Waals surface area contributed by atoms with Crippen LogP contribution in [0.2, 0.25) is 10.0 Å². The number of nitrogens with zero attached hydrogens (tertiary/aromatic N) is 1. The summed E-state index contributed by atoms with van der Waals surface area (Å²) < 4.78 is 10.4. The van der Waals surface area contributed by atoms with E-state index in [1.165, 1.54) is 6.07 Å². The maximum Gasteiger partial charge on any atom is 0.151 e. The van der Waals surface area contributed by atoms with Gasteiger partial charge < -0.3 is 20.5 Å². The number of nitrogens with two attached hydrogens (primary N) is 1. The molecule has 0 spiro atoms. The molecule has 2 aromatic rings. The predicted molar refractivity (Wildman–Crippen MR) is 81.5 cm³/mol. The van der Waals surface area contributed by atoms with Gasteiger partial charge in [-0.15, -0.1) is 0 Å². The Balaban J connectivity index is 2.36. The maximum absolute atomic E-state index is 6.07. The quantitative estimate of drug-likeness (QED) is 0.900. The van der Waals surface area contributed by atoms with Crippen LogP contribution < -0.4 is 20.5 Å². The van der Waals surface area contributed by atoms with Crippen molar-refractivity contribution in [3.63, 3.8) is 0 Å². The molecule has 0 fully saturated rings. The Morgan fingerprint density at radius 3 is 2.15 bits per heavy atom. The molecular formula is C13H13Cl2N3O2. The highest BCUT2D eigenvalue weighted by atomic mass is 35.5. The molecule has 0 unspecified atom stereocenters.